The van der Waals surface area contributed by atoms with Crippen LogP contribution in [0.25, 0.3) is 0 Å². The quantitative estimate of drug-likeness (QED) is 0.287. The average molecular weight is 272 g/mol. The standard InChI is InChI=1S/C14H28N2O3/c1-7-8-9-19-12(18-6)16-14(4,5)10-13(2,3)15-11-17/h12,16H,7-10H2,1-6H3. The van der Waals surface area contributed by atoms with Gasteiger partial charge in [-0.3, -0.25) is 5.32 Å². The summed E-state index contributed by atoms with van der Waals surface area (Å²) in [6.45, 7) is 10.6. The molecule has 0 saturated heterocycles. The van der Waals surface area contributed by atoms with Crippen LogP contribution in [0.4, 0.5) is 0 Å². The fourth-order valence-electron chi connectivity index (χ4n) is 2.12. The molecule has 0 radical (unpaired) electrons. The molecule has 112 valence electrons. The van der Waals surface area contributed by atoms with Crippen molar-refractivity contribution in [1.29, 1.82) is 0 Å². The summed E-state index contributed by atoms with van der Waals surface area (Å²) in [5, 5.41) is 3.28. The Bertz CT molecular complexity index is 297. The van der Waals surface area contributed by atoms with E-state index in [4.69, 9.17) is 9.47 Å². The predicted molar refractivity (Wildman–Crippen MR) is 75.7 cm³/mol. The van der Waals surface area contributed by atoms with Gasteiger partial charge >= 0.3 is 0 Å². The highest BCUT2D eigenvalue weighted by atomic mass is 16.7. The molecule has 1 N–H and O–H groups in total. The molecule has 1 atom stereocenters. The Morgan fingerprint density at radius 3 is 2.42 bits per heavy atom. The molecule has 0 aromatic rings. The average Bonchev–Trinajstić information content (AvgIpc) is 2.25. The number of hydrogen-bond donors (Lipinski definition) is 1. The molecule has 5 heteroatoms. The van der Waals surface area contributed by atoms with E-state index in [0.29, 0.717) is 13.0 Å². The molecule has 0 aromatic carbocycles. The van der Waals surface area contributed by atoms with Crippen LogP contribution in [-0.4, -0.2) is 37.3 Å². The highest BCUT2D eigenvalue weighted by molar-refractivity contribution is 5.34. The fourth-order valence-corrected chi connectivity index (χ4v) is 2.12. The number of rotatable bonds is 10. The van der Waals surface area contributed by atoms with Crippen LogP contribution in [0.1, 0.15) is 53.9 Å². The van der Waals surface area contributed by atoms with Crippen LogP contribution in [0.2, 0.25) is 0 Å². The van der Waals surface area contributed by atoms with Gasteiger partial charge in [-0.05, 0) is 40.5 Å². The van der Waals surface area contributed by atoms with Crippen molar-refractivity contribution in [3.63, 3.8) is 0 Å². The summed E-state index contributed by atoms with van der Waals surface area (Å²) in [5.41, 5.74) is -0.725. The molecule has 0 bridgehead atoms. The lowest BCUT2D eigenvalue weighted by molar-refractivity contribution is -0.156. The van der Waals surface area contributed by atoms with E-state index in [1.54, 1.807) is 13.2 Å². The number of isocyanates is 1. The Labute approximate surface area is 116 Å². The first kappa shape index (κ1) is 18.3. The van der Waals surface area contributed by atoms with Gasteiger partial charge in [-0.2, -0.15) is 4.99 Å². The van der Waals surface area contributed by atoms with E-state index in [2.05, 4.69) is 17.2 Å². The summed E-state index contributed by atoms with van der Waals surface area (Å²) in [7, 11) is 1.61. The normalized spacial score (nSPS) is 14.0. The van der Waals surface area contributed by atoms with Crippen molar-refractivity contribution >= 4 is 6.08 Å². The van der Waals surface area contributed by atoms with Crippen molar-refractivity contribution in [2.24, 2.45) is 4.99 Å². The maximum absolute atomic E-state index is 10.4. The SMILES string of the molecule is CCCCOC(NC(C)(C)CC(C)(C)N=C=O)OC. The van der Waals surface area contributed by atoms with E-state index in [9.17, 15) is 4.79 Å². The molecule has 0 aliphatic carbocycles. The zero-order valence-corrected chi connectivity index (χ0v) is 13.1. The summed E-state index contributed by atoms with van der Waals surface area (Å²) in [4.78, 5) is 14.2. The molecule has 0 fully saturated rings. The highest BCUT2D eigenvalue weighted by Crippen LogP contribution is 2.23. The Kier molecular flexibility index (Phi) is 8.11. The number of ether oxygens (including phenoxy) is 2. The van der Waals surface area contributed by atoms with Gasteiger partial charge in [0.1, 0.15) is 0 Å². The van der Waals surface area contributed by atoms with Gasteiger partial charge in [-0.25, -0.2) is 4.79 Å². The summed E-state index contributed by atoms with van der Waals surface area (Å²) >= 11 is 0. The summed E-state index contributed by atoms with van der Waals surface area (Å²) < 4.78 is 10.9. The summed E-state index contributed by atoms with van der Waals surface area (Å²) in [6, 6.07) is 0. The zero-order valence-electron chi connectivity index (χ0n) is 13.1. The van der Waals surface area contributed by atoms with Gasteiger partial charge in [0.25, 0.3) is 0 Å². The third kappa shape index (κ3) is 8.89. The zero-order chi connectivity index (χ0) is 14.9. The molecule has 0 aliphatic heterocycles. The van der Waals surface area contributed by atoms with Gasteiger partial charge in [-0.15, -0.1) is 0 Å². The molecule has 0 aromatic heterocycles. The van der Waals surface area contributed by atoms with Gasteiger partial charge in [0, 0.05) is 12.6 Å². The molecule has 0 spiro atoms. The second-order valence-corrected chi connectivity index (χ2v) is 6.01. The second kappa shape index (κ2) is 8.43. The minimum atomic E-state index is -0.458. The smallest absolute Gasteiger partial charge is 0.235 e. The van der Waals surface area contributed by atoms with Crippen LogP contribution in [0.5, 0.6) is 0 Å². The maximum Gasteiger partial charge on any atom is 0.235 e. The number of nitrogens with zero attached hydrogens (tertiary/aromatic N) is 1. The van der Waals surface area contributed by atoms with Crippen LogP contribution in [0, 0.1) is 0 Å². The van der Waals surface area contributed by atoms with Crippen LogP contribution in [-0.2, 0) is 14.3 Å². The van der Waals surface area contributed by atoms with Crippen LogP contribution >= 0.6 is 0 Å². The largest absolute Gasteiger partial charge is 0.343 e. The molecule has 0 saturated carbocycles. The lowest BCUT2D eigenvalue weighted by Gasteiger charge is -2.35. The van der Waals surface area contributed by atoms with Gasteiger partial charge in [0.2, 0.25) is 12.5 Å². The molecule has 0 heterocycles. The number of methoxy groups -OCH3 is 1. The fraction of sp³-hybridized carbons (Fsp3) is 0.929. The number of unbranched alkanes of at least 4 members (excludes halogenated alkanes) is 1. The minimum absolute atomic E-state index is 0.267. The molecule has 19 heavy (non-hydrogen) atoms. The topological polar surface area (TPSA) is 59.9 Å². The van der Waals surface area contributed by atoms with Gasteiger partial charge in [0.15, 0.2) is 0 Å². The van der Waals surface area contributed by atoms with Crippen molar-refractivity contribution in [2.45, 2.75) is 71.4 Å². The Hall–Kier alpha value is -0.740. The lowest BCUT2D eigenvalue weighted by Crippen LogP contribution is -2.51. The molecular weight excluding hydrogens is 244 g/mol. The van der Waals surface area contributed by atoms with E-state index in [-0.39, 0.29) is 5.54 Å². The van der Waals surface area contributed by atoms with E-state index >= 15 is 0 Å². The first-order chi connectivity index (χ1) is 8.76. The first-order valence-corrected chi connectivity index (χ1v) is 6.77. The Morgan fingerprint density at radius 1 is 1.32 bits per heavy atom. The molecule has 5 nitrogen and oxygen atoms in total. The molecule has 1 unspecified atom stereocenters. The molecule has 0 rings (SSSR count). The third-order valence-corrected chi connectivity index (χ3v) is 2.71. The molecule has 0 amide bonds. The lowest BCUT2D eigenvalue weighted by atomic mass is 9.87. The van der Waals surface area contributed by atoms with Crippen molar-refractivity contribution in [3.05, 3.63) is 0 Å². The predicted octanol–water partition coefficient (Wildman–Crippen LogP) is 2.61. The minimum Gasteiger partial charge on any atom is -0.343 e. The van der Waals surface area contributed by atoms with Crippen LogP contribution in [0.3, 0.4) is 0 Å². The Morgan fingerprint density at radius 2 is 1.95 bits per heavy atom. The van der Waals surface area contributed by atoms with Crippen molar-refractivity contribution in [2.75, 3.05) is 13.7 Å². The van der Waals surface area contributed by atoms with E-state index < -0.39 is 12.0 Å². The van der Waals surface area contributed by atoms with Gasteiger partial charge in [0.05, 0.1) is 12.1 Å². The number of nitrogens with one attached hydrogen (secondary N) is 1. The molecular formula is C14H28N2O3. The monoisotopic (exact) mass is 272 g/mol. The summed E-state index contributed by atoms with van der Waals surface area (Å²) in [6.07, 6.45) is 3.94. The van der Waals surface area contributed by atoms with Gasteiger partial charge in [-0.1, -0.05) is 13.3 Å². The second-order valence-electron chi connectivity index (χ2n) is 6.01. The highest BCUT2D eigenvalue weighted by Gasteiger charge is 2.30. The van der Waals surface area contributed by atoms with Crippen molar-refractivity contribution in [1.82, 2.24) is 5.32 Å². The first-order valence-electron chi connectivity index (χ1n) is 6.77. The van der Waals surface area contributed by atoms with E-state index in [1.165, 1.54) is 0 Å². The van der Waals surface area contributed by atoms with Crippen LogP contribution < -0.4 is 5.32 Å². The molecule has 0 aliphatic rings. The maximum atomic E-state index is 10.4. The summed E-state index contributed by atoms with van der Waals surface area (Å²) in [5.74, 6) is 0. The van der Waals surface area contributed by atoms with Crippen LogP contribution in [0.15, 0.2) is 4.99 Å². The number of aliphatic imine (C=N–C) groups is 1. The number of carbonyl (C=O) groups excluding carboxylic acids is 1. The van der Waals surface area contributed by atoms with Gasteiger partial charge < -0.3 is 9.47 Å². The van der Waals surface area contributed by atoms with Crippen molar-refractivity contribution in [3.8, 4) is 0 Å². The number of hydrogen-bond acceptors (Lipinski definition) is 5. The Balaban J connectivity index is 4.42. The van der Waals surface area contributed by atoms with Crippen molar-refractivity contribution < 1.29 is 14.3 Å². The third-order valence-electron chi connectivity index (χ3n) is 2.71. The van der Waals surface area contributed by atoms with E-state index in [0.717, 1.165) is 12.8 Å². The van der Waals surface area contributed by atoms with E-state index in [1.807, 2.05) is 27.7 Å².